The molecule has 0 saturated carbocycles. The molecular weight excluding hydrogens is 252 g/mol. The number of benzene rings is 2. The van der Waals surface area contributed by atoms with E-state index < -0.39 is 0 Å². The molecule has 3 aromatic rings. The lowest BCUT2D eigenvalue weighted by molar-refractivity contribution is 0.297. The Kier molecular flexibility index (Phi) is 2.59. The largest absolute Gasteiger partial charge is 0.490 e. The zero-order valence-corrected chi connectivity index (χ0v) is 10.9. The molecule has 0 atom stereocenters. The van der Waals surface area contributed by atoms with Crippen LogP contribution in [0, 0.1) is 0 Å². The third-order valence-electron chi connectivity index (χ3n) is 3.41. The summed E-state index contributed by atoms with van der Waals surface area (Å²) in [5, 5.41) is 0. The molecule has 4 rings (SSSR count). The lowest BCUT2D eigenvalue weighted by Crippen LogP contribution is -1.97. The van der Waals surface area contributed by atoms with E-state index >= 15 is 0 Å². The van der Waals surface area contributed by atoms with Crippen molar-refractivity contribution in [1.29, 1.82) is 0 Å². The smallest absolute Gasteiger partial charge is 0.161 e. The van der Waals surface area contributed by atoms with E-state index in [1.807, 2.05) is 42.5 Å². The molecule has 0 amide bonds. The molecular formula is C16H14N2O2. The summed E-state index contributed by atoms with van der Waals surface area (Å²) in [6.07, 6.45) is 0.911. The Morgan fingerprint density at radius 3 is 2.70 bits per heavy atom. The van der Waals surface area contributed by atoms with Gasteiger partial charge in [0.15, 0.2) is 11.5 Å². The van der Waals surface area contributed by atoms with E-state index in [0.29, 0.717) is 13.2 Å². The summed E-state index contributed by atoms with van der Waals surface area (Å²) < 4.78 is 11.4. The number of aromatic nitrogens is 2. The number of hydrogen-bond donors (Lipinski definition) is 1. The molecule has 1 aromatic heterocycles. The summed E-state index contributed by atoms with van der Waals surface area (Å²) in [4.78, 5) is 7.93. The van der Waals surface area contributed by atoms with Crippen molar-refractivity contribution in [2.75, 3.05) is 13.2 Å². The Hall–Kier alpha value is -2.49. The third-order valence-corrected chi connectivity index (χ3v) is 3.41. The van der Waals surface area contributed by atoms with Crippen LogP contribution in [0.15, 0.2) is 42.5 Å². The van der Waals surface area contributed by atoms with Crippen molar-refractivity contribution in [2.24, 2.45) is 0 Å². The molecule has 4 nitrogen and oxygen atoms in total. The highest BCUT2D eigenvalue weighted by molar-refractivity contribution is 5.79. The minimum absolute atomic E-state index is 0.691. The predicted octanol–water partition coefficient (Wildman–Crippen LogP) is 3.39. The van der Waals surface area contributed by atoms with E-state index in [0.717, 1.165) is 40.3 Å². The predicted molar refractivity (Wildman–Crippen MR) is 77.1 cm³/mol. The molecule has 1 N–H and O–H groups in total. The van der Waals surface area contributed by atoms with Crippen molar-refractivity contribution < 1.29 is 9.47 Å². The average Bonchev–Trinajstić information content (AvgIpc) is 2.78. The van der Waals surface area contributed by atoms with Gasteiger partial charge < -0.3 is 14.5 Å². The lowest BCUT2D eigenvalue weighted by atomic mass is 10.2. The number of nitrogens with one attached hydrogen (secondary N) is 1. The van der Waals surface area contributed by atoms with E-state index in [-0.39, 0.29) is 0 Å². The van der Waals surface area contributed by atoms with Gasteiger partial charge in [-0.05, 0) is 30.3 Å². The molecule has 0 spiro atoms. The maximum absolute atomic E-state index is 5.72. The highest BCUT2D eigenvalue weighted by Crippen LogP contribution is 2.33. The molecule has 2 aromatic carbocycles. The van der Waals surface area contributed by atoms with Crippen LogP contribution in [0.2, 0.25) is 0 Å². The number of aromatic amines is 1. The van der Waals surface area contributed by atoms with Crippen LogP contribution in [0.3, 0.4) is 0 Å². The molecule has 0 bridgehead atoms. The van der Waals surface area contributed by atoms with Crippen molar-refractivity contribution >= 4 is 11.0 Å². The number of nitrogens with zero attached hydrogens (tertiary/aromatic N) is 1. The topological polar surface area (TPSA) is 47.1 Å². The van der Waals surface area contributed by atoms with Crippen LogP contribution in [-0.4, -0.2) is 23.2 Å². The van der Waals surface area contributed by atoms with Gasteiger partial charge in [0.25, 0.3) is 0 Å². The third kappa shape index (κ3) is 1.90. The molecule has 0 aliphatic carbocycles. The van der Waals surface area contributed by atoms with E-state index in [9.17, 15) is 0 Å². The monoisotopic (exact) mass is 266 g/mol. The van der Waals surface area contributed by atoms with Gasteiger partial charge in [0, 0.05) is 12.0 Å². The fraction of sp³-hybridized carbons (Fsp3) is 0.188. The maximum Gasteiger partial charge on any atom is 0.161 e. The summed E-state index contributed by atoms with van der Waals surface area (Å²) >= 11 is 0. The summed E-state index contributed by atoms with van der Waals surface area (Å²) in [5.41, 5.74) is 3.01. The molecule has 0 radical (unpaired) electrons. The fourth-order valence-electron chi connectivity index (χ4n) is 2.40. The van der Waals surface area contributed by atoms with Crippen LogP contribution in [0.5, 0.6) is 11.5 Å². The lowest BCUT2D eigenvalue weighted by Gasteiger charge is -2.07. The van der Waals surface area contributed by atoms with E-state index in [1.54, 1.807) is 0 Å². The zero-order valence-electron chi connectivity index (χ0n) is 10.9. The van der Waals surface area contributed by atoms with Crippen molar-refractivity contribution in [1.82, 2.24) is 9.97 Å². The van der Waals surface area contributed by atoms with E-state index in [1.165, 1.54) is 0 Å². The second-order valence-electron chi connectivity index (χ2n) is 4.81. The number of H-pyrrole nitrogens is 1. The van der Waals surface area contributed by atoms with Gasteiger partial charge in [0.05, 0.1) is 24.2 Å². The Labute approximate surface area is 116 Å². The molecule has 2 heterocycles. The first-order chi connectivity index (χ1) is 9.90. The highest BCUT2D eigenvalue weighted by Gasteiger charge is 2.13. The number of fused-ring (bicyclic) bond motifs is 2. The second-order valence-corrected chi connectivity index (χ2v) is 4.81. The Morgan fingerprint density at radius 2 is 1.80 bits per heavy atom. The summed E-state index contributed by atoms with van der Waals surface area (Å²) in [5.74, 6) is 2.45. The number of hydrogen-bond acceptors (Lipinski definition) is 3. The Balaban J connectivity index is 1.79. The van der Waals surface area contributed by atoms with Gasteiger partial charge in [-0.3, -0.25) is 0 Å². The van der Waals surface area contributed by atoms with Gasteiger partial charge in [0.2, 0.25) is 0 Å². The van der Waals surface area contributed by atoms with Crippen LogP contribution in [0.4, 0.5) is 0 Å². The number of imidazole rings is 1. The van der Waals surface area contributed by atoms with Gasteiger partial charge in [-0.1, -0.05) is 12.1 Å². The summed E-state index contributed by atoms with van der Waals surface area (Å²) in [6.45, 7) is 1.40. The van der Waals surface area contributed by atoms with Gasteiger partial charge in [0.1, 0.15) is 5.82 Å². The standard InChI is InChI=1S/C16H14N2O2/c1-2-5-13-12(4-1)17-16(18-13)11-6-7-14-15(10-11)20-9-3-8-19-14/h1-2,4-7,10H,3,8-9H2,(H,17,18). The molecule has 0 fully saturated rings. The van der Waals surface area contributed by atoms with E-state index in [2.05, 4.69) is 9.97 Å². The number of ether oxygens (including phenoxy) is 2. The maximum atomic E-state index is 5.72. The van der Waals surface area contributed by atoms with Crippen LogP contribution < -0.4 is 9.47 Å². The fourth-order valence-corrected chi connectivity index (χ4v) is 2.40. The molecule has 0 unspecified atom stereocenters. The molecule has 4 heteroatoms. The van der Waals surface area contributed by atoms with Crippen molar-refractivity contribution in [3.05, 3.63) is 42.5 Å². The van der Waals surface area contributed by atoms with Crippen LogP contribution in [-0.2, 0) is 0 Å². The first kappa shape index (κ1) is 11.3. The van der Waals surface area contributed by atoms with Crippen molar-refractivity contribution in [3.63, 3.8) is 0 Å². The van der Waals surface area contributed by atoms with E-state index in [4.69, 9.17) is 9.47 Å². The Morgan fingerprint density at radius 1 is 0.950 bits per heavy atom. The number of rotatable bonds is 1. The highest BCUT2D eigenvalue weighted by atomic mass is 16.5. The Bertz CT molecular complexity index is 731. The second kappa shape index (κ2) is 4.56. The summed E-state index contributed by atoms with van der Waals surface area (Å²) in [6, 6.07) is 13.9. The zero-order chi connectivity index (χ0) is 13.4. The van der Waals surface area contributed by atoms with Crippen LogP contribution in [0.25, 0.3) is 22.4 Å². The molecule has 100 valence electrons. The molecule has 1 aliphatic heterocycles. The quantitative estimate of drug-likeness (QED) is 0.734. The average molecular weight is 266 g/mol. The SMILES string of the molecule is c1ccc2[nH]c(-c3ccc4c(c3)OCCCO4)nc2c1. The minimum Gasteiger partial charge on any atom is -0.490 e. The van der Waals surface area contributed by atoms with Gasteiger partial charge in [-0.25, -0.2) is 4.98 Å². The van der Waals surface area contributed by atoms with Crippen molar-refractivity contribution in [2.45, 2.75) is 6.42 Å². The number of para-hydroxylation sites is 2. The van der Waals surface area contributed by atoms with Crippen LogP contribution >= 0.6 is 0 Å². The first-order valence-electron chi connectivity index (χ1n) is 6.75. The van der Waals surface area contributed by atoms with Crippen LogP contribution in [0.1, 0.15) is 6.42 Å². The van der Waals surface area contributed by atoms with Gasteiger partial charge >= 0.3 is 0 Å². The molecule has 1 aliphatic rings. The van der Waals surface area contributed by atoms with Gasteiger partial charge in [-0.2, -0.15) is 0 Å². The van der Waals surface area contributed by atoms with Crippen molar-refractivity contribution in [3.8, 4) is 22.9 Å². The summed E-state index contributed by atoms with van der Waals surface area (Å²) in [7, 11) is 0. The molecule has 0 saturated heterocycles. The first-order valence-corrected chi connectivity index (χ1v) is 6.75. The molecule has 20 heavy (non-hydrogen) atoms. The normalized spacial score (nSPS) is 14.2. The minimum atomic E-state index is 0.691. The van der Waals surface area contributed by atoms with Gasteiger partial charge in [-0.15, -0.1) is 0 Å².